The second kappa shape index (κ2) is 6.89. The van der Waals surface area contributed by atoms with Crippen molar-refractivity contribution < 1.29 is 23.5 Å². The molecule has 1 amide bonds. The van der Waals surface area contributed by atoms with Gasteiger partial charge < -0.3 is 10.0 Å². The number of benzene rings is 1. The van der Waals surface area contributed by atoms with Gasteiger partial charge in [0.25, 0.3) is 0 Å². The molecule has 0 aromatic heterocycles. The smallest absolute Gasteiger partial charge is 0.326 e. The van der Waals surface area contributed by atoms with Gasteiger partial charge in [-0.25, -0.2) is 13.6 Å². The Balaban J connectivity index is 1.98. The second-order valence-electron chi connectivity index (χ2n) is 4.80. The van der Waals surface area contributed by atoms with Crippen molar-refractivity contribution in [3.63, 3.8) is 0 Å². The maximum Gasteiger partial charge on any atom is 0.326 e. The van der Waals surface area contributed by atoms with Gasteiger partial charge in [-0.1, -0.05) is 0 Å². The predicted octanol–water partition coefficient (Wildman–Crippen LogP) is 2.52. The molecule has 0 aliphatic carbocycles. The third-order valence-electron chi connectivity index (χ3n) is 3.35. The van der Waals surface area contributed by atoms with E-state index in [1.54, 1.807) is 0 Å². The Morgan fingerprint density at radius 3 is 2.76 bits per heavy atom. The number of carboxylic acids is 1. The first-order chi connectivity index (χ1) is 9.99. The molecule has 2 rings (SSSR count). The summed E-state index contributed by atoms with van der Waals surface area (Å²) in [5.74, 6) is -2.81. The van der Waals surface area contributed by atoms with Crippen molar-refractivity contribution in [1.82, 2.24) is 4.90 Å². The molecule has 21 heavy (non-hydrogen) atoms. The van der Waals surface area contributed by atoms with Gasteiger partial charge in [0.2, 0.25) is 5.91 Å². The van der Waals surface area contributed by atoms with E-state index in [-0.39, 0.29) is 16.6 Å². The van der Waals surface area contributed by atoms with Gasteiger partial charge in [-0.05, 0) is 31.4 Å². The number of piperidine rings is 1. The molecule has 1 saturated heterocycles. The van der Waals surface area contributed by atoms with Gasteiger partial charge >= 0.3 is 5.97 Å². The highest BCUT2D eigenvalue weighted by molar-refractivity contribution is 8.00. The van der Waals surface area contributed by atoms with E-state index in [1.165, 1.54) is 11.0 Å². The molecular weight excluding hydrogens is 300 g/mol. The van der Waals surface area contributed by atoms with Gasteiger partial charge in [-0.2, -0.15) is 0 Å². The number of halogens is 2. The van der Waals surface area contributed by atoms with Crippen LogP contribution in [0.4, 0.5) is 8.78 Å². The van der Waals surface area contributed by atoms with Gasteiger partial charge in [0.05, 0.1) is 5.75 Å². The minimum atomic E-state index is -1.01. The van der Waals surface area contributed by atoms with E-state index >= 15 is 0 Å². The Hall–Kier alpha value is -1.63. The zero-order valence-electron chi connectivity index (χ0n) is 11.2. The molecule has 1 aliphatic rings. The summed E-state index contributed by atoms with van der Waals surface area (Å²) in [6.07, 6.45) is 1.99. The van der Waals surface area contributed by atoms with Crippen LogP contribution in [0.5, 0.6) is 0 Å². The molecule has 1 aliphatic heterocycles. The lowest BCUT2D eigenvalue weighted by Crippen LogP contribution is -2.48. The van der Waals surface area contributed by atoms with Crippen LogP contribution in [-0.2, 0) is 9.59 Å². The number of carbonyl (C=O) groups is 2. The number of aliphatic carboxylic acids is 1. The molecule has 1 unspecified atom stereocenters. The van der Waals surface area contributed by atoms with Crippen molar-refractivity contribution >= 4 is 23.6 Å². The lowest BCUT2D eigenvalue weighted by atomic mass is 10.0. The highest BCUT2D eigenvalue weighted by Gasteiger charge is 2.31. The van der Waals surface area contributed by atoms with Crippen molar-refractivity contribution in [2.75, 3.05) is 12.3 Å². The molecule has 1 aromatic rings. The summed E-state index contributed by atoms with van der Waals surface area (Å²) in [6.45, 7) is 0.405. The summed E-state index contributed by atoms with van der Waals surface area (Å²) in [7, 11) is 0. The summed E-state index contributed by atoms with van der Waals surface area (Å²) in [5, 5.41) is 9.12. The van der Waals surface area contributed by atoms with Gasteiger partial charge in [-0.15, -0.1) is 11.8 Å². The second-order valence-corrected chi connectivity index (χ2v) is 5.82. The Bertz CT molecular complexity index is 553. The molecule has 114 valence electrons. The van der Waals surface area contributed by atoms with E-state index in [4.69, 9.17) is 5.11 Å². The average molecular weight is 315 g/mol. The Morgan fingerprint density at radius 2 is 2.10 bits per heavy atom. The molecule has 1 fully saturated rings. The molecule has 4 nitrogen and oxygen atoms in total. The van der Waals surface area contributed by atoms with E-state index in [2.05, 4.69) is 0 Å². The molecule has 0 saturated carbocycles. The fourth-order valence-electron chi connectivity index (χ4n) is 2.30. The topological polar surface area (TPSA) is 57.6 Å². The number of rotatable bonds is 4. The van der Waals surface area contributed by atoms with Crippen LogP contribution < -0.4 is 0 Å². The van der Waals surface area contributed by atoms with Crippen LogP contribution in [-0.4, -0.2) is 40.2 Å². The minimum absolute atomic E-state index is 0.0632. The molecule has 1 aromatic carbocycles. The van der Waals surface area contributed by atoms with Gasteiger partial charge in [0.15, 0.2) is 0 Å². The molecule has 7 heteroatoms. The zero-order valence-corrected chi connectivity index (χ0v) is 12.0. The van der Waals surface area contributed by atoms with Crippen LogP contribution in [0.1, 0.15) is 19.3 Å². The van der Waals surface area contributed by atoms with Crippen LogP contribution in [0.25, 0.3) is 0 Å². The number of amides is 1. The Morgan fingerprint density at radius 1 is 1.33 bits per heavy atom. The molecule has 0 radical (unpaired) electrons. The van der Waals surface area contributed by atoms with Crippen LogP contribution in [0.15, 0.2) is 23.1 Å². The standard InChI is InChI=1S/C14H15F2NO3S/c15-9-4-5-12(10(16)7-9)21-8-13(18)17-6-2-1-3-11(17)14(19)20/h4-5,7,11H,1-3,6,8H2,(H,19,20). The van der Waals surface area contributed by atoms with Crippen LogP contribution in [0.3, 0.4) is 0 Å². The van der Waals surface area contributed by atoms with Crippen LogP contribution >= 0.6 is 11.8 Å². The largest absolute Gasteiger partial charge is 0.480 e. The first-order valence-corrected chi connectivity index (χ1v) is 7.57. The minimum Gasteiger partial charge on any atom is -0.480 e. The van der Waals surface area contributed by atoms with E-state index in [9.17, 15) is 18.4 Å². The maximum atomic E-state index is 13.5. The summed E-state index contributed by atoms with van der Waals surface area (Å²) < 4.78 is 26.3. The van der Waals surface area contributed by atoms with E-state index in [0.29, 0.717) is 13.0 Å². The number of thioether (sulfide) groups is 1. The van der Waals surface area contributed by atoms with Gasteiger partial charge in [0, 0.05) is 17.5 Å². The third-order valence-corrected chi connectivity index (χ3v) is 4.39. The SMILES string of the molecule is O=C(O)C1CCCCN1C(=O)CSc1ccc(F)cc1F. The average Bonchev–Trinajstić information content (AvgIpc) is 2.46. The lowest BCUT2D eigenvalue weighted by molar-refractivity contribution is -0.150. The predicted molar refractivity (Wildman–Crippen MR) is 74.1 cm³/mol. The van der Waals surface area contributed by atoms with E-state index in [1.807, 2.05) is 0 Å². The van der Waals surface area contributed by atoms with Crippen LogP contribution in [0.2, 0.25) is 0 Å². The highest BCUT2D eigenvalue weighted by Crippen LogP contribution is 2.24. The van der Waals surface area contributed by atoms with Gasteiger partial charge in [-0.3, -0.25) is 4.79 Å². The zero-order chi connectivity index (χ0) is 15.4. The van der Waals surface area contributed by atoms with E-state index in [0.717, 1.165) is 36.7 Å². The van der Waals surface area contributed by atoms with Crippen LogP contribution in [0, 0.1) is 11.6 Å². The normalized spacial score (nSPS) is 18.6. The Kier molecular flexibility index (Phi) is 5.17. The van der Waals surface area contributed by atoms with Crippen molar-refractivity contribution in [1.29, 1.82) is 0 Å². The number of hydrogen-bond donors (Lipinski definition) is 1. The third kappa shape index (κ3) is 3.93. The number of carboxylic acid groups (broad SMARTS) is 1. The molecule has 1 heterocycles. The quantitative estimate of drug-likeness (QED) is 0.868. The number of nitrogens with zero attached hydrogens (tertiary/aromatic N) is 1. The monoisotopic (exact) mass is 315 g/mol. The molecule has 1 N–H and O–H groups in total. The fourth-order valence-corrected chi connectivity index (χ4v) is 3.11. The first-order valence-electron chi connectivity index (χ1n) is 6.59. The van der Waals surface area contributed by atoms with Crippen molar-refractivity contribution in [2.24, 2.45) is 0 Å². The number of carbonyl (C=O) groups excluding carboxylic acids is 1. The number of likely N-dealkylation sites (tertiary alicyclic amines) is 1. The van der Waals surface area contributed by atoms with E-state index < -0.39 is 23.6 Å². The maximum absolute atomic E-state index is 13.5. The highest BCUT2D eigenvalue weighted by atomic mass is 32.2. The van der Waals surface area contributed by atoms with Crippen molar-refractivity contribution in [3.8, 4) is 0 Å². The Labute approximate surface area is 125 Å². The molecule has 0 spiro atoms. The van der Waals surface area contributed by atoms with Gasteiger partial charge in [0.1, 0.15) is 17.7 Å². The number of hydrogen-bond acceptors (Lipinski definition) is 3. The summed E-state index contributed by atoms with van der Waals surface area (Å²) in [4.78, 5) is 24.8. The summed E-state index contributed by atoms with van der Waals surface area (Å²) in [5.41, 5.74) is 0. The van der Waals surface area contributed by atoms with Crippen molar-refractivity contribution in [2.45, 2.75) is 30.2 Å². The first kappa shape index (κ1) is 15.8. The van der Waals surface area contributed by atoms with Crippen molar-refractivity contribution in [3.05, 3.63) is 29.8 Å². The summed E-state index contributed by atoms with van der Waals surface area (Å²) in [6, 6.07) is 2.35. The lowest BCUT2D eigenvalue weighted by Gasteiger charge is -2.32. The summed E-state index contributed by atoms with van der Waals surface area (Å²) >= 11 is 0.945. The molecule has 0 bridgehead atoms. The molecular formula is C14H15F2NO3S. The fraction of sp³-hybridized carbons (Fsp3) is 0.429. The molecule has 1 atom stereocenters.